The van der Waals surface area contributed by atoms with Gasteiger partial charge in [-0.05, 0) is 17.7 Å². The van der Waals surface area contributed by atoms with Gasteiger partial charge in [-0.15, -0.1) is 0 Å². The molecule has 0 atom stereocenters. The monoisotopic (exact) mass is 469 g/mol. The maximum absolute atomic E-state index is 12.5. The highest BCUT2D eigenvalue weighted by molar-refractivity contribution is 6.42. The lowest BCUT2D eigenvalue weighted by molar-refractivity contribution is -0.394. The van der Waals surface area contributed by atoms with Crippen LogP contribution >= 0.6 is 34.8 Å². The molecular formula is C17H10Cl3N5O5. The summed E-state index contributed by atoms with van der Waals surface area (Å²) in [6.45, 7) is 0.273. The summed E-state index contributed by atoms with van der Waals surface area (Å²) in [5.41, 5.74) is -0.696. The minimum absolute atomic E-state index is 0.0177. The predicted octanol–water partition coefficient (Wildman–Crippen LogP) is 4.96. The third-order valence-corrected chi connectivity index (χ3v) is 4.88. The molecule has 0 saturated heterocycles. The SMILES string of the molecule is O=C(Nc1nn(Cc2ccc(Cl)c(Cl)c2)cc1Cl)c1cc([N+](=O)[O-])cc([N+](=O)[O-])c1. The second kappa shape index (κ2) is 8.66. The molecular weight excluding hydrogens is 461 g/mol. The Bertz CT molecular complexity index is 1150. The Morgan fingerprint density at radius 2 is 1.60 bits per heavy atom. The van der Waals surface area contributed by atoms with Crippen molar-refractivity contribution in [2.45, 2.75) is 6.54 Å². The molecule has 1 N–H and O–H groups in total. The molecule has 10 nitrogen and oxygen atoms in total. The topological polar surface area (TPSA) is 133 Å². The van der Waals surface area contributed by atoms with Crippen molar-refractivity contribution in [2.75, 3.05) is 5.32 Å². The number of benzene rings is 2. The number of amides is 1. The van der Waals surface area contributed by atoms with Crippen LogP contribution < -0.4 is 5.32 Å². The van der Waals surface area contributed by atoms with E-state index >= 15 is 0 Å². The zero-order valence-electron chi connectivity index (χ0n) is 14.7. The number of nitrogens with zero attached hydrogens (tertiary/aromatic N) is 4. The molecule has 3 aromatic rings. The molecule has 1 heterocycles. The van der Waals surface area contributed by atoms with Gasteiger partial charge in [-0.25, -0.2) is 0 Å². The number of carbonyl (C=O) groups is 1. The number of hydrogen-bond donors (Lipinski definition) is 1. The highest BCUT2D eigenvalue weighted by Gasteiger charge is 2.21. The fraction of sp³-hybridized carbons (Fsp3) is 0.0588. The first-order valence-electron chi connectivity index (χ1n) is 8.06. The molecule has 3 rings (SSSR count). The van der Waals surface area contributed by atoms with Crippen LogP contribution in [-0.4, -0.2) is 25.5 Å². The number of nitro groups is 2. The van der Waals surface area contributed by atoms with Crippen molar-refractivity contribution in [3.05, 3.63) is 89.0 Å². The minimum atomic E-state index is -0.844. The summed E-state index contributed by atoms with van der Waals surface area (Å²) >= 11 is 18.0. The van der Waals surface area contributed by atoms with E-state index in [-0.39, 0.29) is 22.9 Å². The predicted molar refractivity (Wildman–Crippen MR) is 111 cm³/mol. The summed E-state index contributed by atoms with van der Waals surface area (Å²) in [5, 5.41) is 29.4. The van der Waals surface area contributed by atoms with Gasteiger partial charge in [0.05, 0.1) is 38.1 Å². The van der Waals surface area contributed by atoms with Crippen LogP contribution in [-0.2, 0) is 6.54 Å². The van der Waals surface area contributed by atoms with Crippen LogP contribution in [0.2, 0.25) is 15.1 Å². The van der Waals surface area contributed by atoms with Crippen molar-refractivity contribution in [1.29, 1.82) is 0 Å². The summed E-state index contributed by atoms with van der Waals surface area (Å²) in [6, 6.07) is 7.62. The summed E-state index contributed by atoms with van der Waals surface area (Å²) in [6.07, 6.45) is 1.45. The number of hydrogen-bond acceptors (Lipinski definition) is 6. The van der Waals surface area contributed by atoms with E-state index < -0.39 is 27.1 Å². The average molecular weight is 471 g/mol. The van der Waals surface area contributed by atoms with Crippen LogP contribution in [0.3, 0.4) is 0 Å². The molecule has 0 bridgehead atoms. The molecule has 0 saturated carbocycles. The second-order valence-electron chi connectivity index (χ2n) is 5.98. The zero-order valence-corrected chi connectivity index (χ0v) is 17.0. The van der Waals surface area contributed by atoms with Crippen molar-refractivity contribution in [3.63, 3.8) is 0 Å². The fourth-order valence-electron chi connectivity index (χ4n) is 2.50. The Morgan fingerprint density at radius 3 is 2.17 bits per heavy atom. The molecule has 0 unspecified atom stereocenters. The molecule has 0 radical (unpaired) electrons. The third-order valence-electron chi connectivity index (χ3n) is 3.86. The van der Waals surface area contributed by atoms with Crippen LogP contribution in [0.4, 0.5) is 17.2 Å². The number of carbonyl (C=O) groups excluding carboxylic acids is 1. The van der Waals surface area contributed by atoms with Gasteiger partial charge in [0.25, 0.3) is 17.3 Å². The Labute approximate surface area is 183 Å². The molecule has 154 valence electrons. The number of anilines is 1. The highest BCUT2D eigenvalue weighted by atomic mass is 35.5. The molecule has 30 heavy (non-hydrogen) atoms. The largest absolute Gasteiger partial charge is 0.304 e. The van der Waals surface area contributed by atoms with Crippen molar-refractivity contribution in [2.24, 2.45) is 0 Å². The Kier molecular flexibility index (Phi) is 6.20. The third kappa shape index (κ3) is 4.85. The fourth-order valence-corrected chi connectivity index (χ4v) is 3.02. The van der Waals surface area contributed by atoms with Crippen LogP contribution in [0.25, 0.3) is 0 Å². The van der Waals surface area contributed by atoms with Crippen LogP contribution in [0.15, 0.2) is 42.6 Å². The molecule has 0 aliphatic carbocycles. The van der Waals surface area contributed by atoms with E-state index in [2.05, 4.69) is 10.4 Å². The van der Waals surface area contributed by atoms with Gasteiger partial charge >= 0.3 is 0 Å². The van der Waals surface area contributed by atoms with Gasteiger partial charge in [-0.2, -0.15) is 5.10 Å². The van der Waals surface area contributed by atoms with Crippen LogP contribution in [0, 0.1) is 20.2 Å². The van der Waals surface area contributed by atoms with E-state index in [0.717, 1.165) is 23.8 Å². The maximum Gasteiger partial charge on any atom is 0.277 e. The van der Waals surface area contributed by atoms with Gasteiger partial charge in [-0.1, -0.05) is 40.9 Å². The van der Waals surface area contributed by atoms with E-state index in [4.69, 9.17) is 34.8 Å². The molecule has 0 aliphatic heterocycles. The van der Waals surface area contributed by atoms with Gasteiger partial charge < -0.3 is 5.32 Å². The van der Waals surface area contributed by atoms with Crippen molar-refractivity contribution < 1.29 is 14.6 Å². The second-order valence-corrected chi connectivity index (χ2v) is 7.20. The first-order chi connectivity index (χ1) is 14.1. The Morgan fingerprint density at radius 1 is 0.967 bits per heavy atom. The molecule has 1 amide bonds. The summed E-state index contributed by atoms with van der Waals surface area (Å²) < 4.78 is 1.44. The number of non-ortho nitro benzene ring substituents is 2. The van der Waals surface area contributed by atoms with Gasteiger partial charge in [0, 0.05) is 18.3 Å². The lowest BCUT2D eigenvalue weighted by Gasteiger charge is -2.05. The van der Waals surface area contributed by atoms with E-state index in [0.29, 0.717) is 10.0 Å². The van der Waals surface area contributed by atoms with Crippen molar-refractivity contribution in [3.8, 4) is 0 Å². The number of aromatic nitrogens is 2. The Balaban J connectivity index is 1.83. The smallest absolute Gasteiger partial charge is 0.277 e. The lowest BCUT2D eigenvalue weighted by Crippen LogP contribution is -2.14. The quantitative estimate of drug-likeness (QED) is 0.400. The zero-order chi connectivity index (χ0) is 22.0. The van der Waals surface area contributed by atoms with Gasteiger partial charge in [0.1, 0.15) is 5.02 Å². The molecule has 0 spiro atoms. The first-order valence-corrected chi connectivity index (χ1v) is 9.19. The Hall–Kier alpha value is -3.21. The molecule has 0 fully saturated rings. The van der Waals surface area contributed by atoms with Gasteiger partial charge in [0.15, 0.2) is 5.82 Å². The van der Waals surface area contributed by atoms with E-state index in [1.165, 1.54) is 10.9 Å². The summed E-state index contributed by atoms with van der Waals surface area (Å²) in [4.78, 5) is 32.8. The minimum Gasteiger partial charge on any atom is -0.304 e. The standard InChI is InChI=1S/C17H10Cl3N5O5/c18-13-2-1-9(3-14(13)19)7-23-8-15(20)16(22-23)21-17(26)10-4-11(24(27)28)6-12(5-10)25(29)30/h1-6,8H,7H2,(H,21,22,26). The maximum atomic E-state index is 12.5. The highest BCUT2D eigenvalue weighted by Crippen LogP contribution is 2.26. The van der Waals surface area contributed by atoms with Gasteiger partial charge in [-0.3, -0.25) is 29.7 Å². The van der Waals surface area contributed by atoms with Gasteiger partial charge in [0.2, 0.25) is 0 Å². The molecule has 1 aromatic heterocycles. The average Bonchev–Trinajstić information content (AvgIpc) is 3.03. The molecule has 0 aliphatic rings. The van der Waals surface area contributed by atoms with E-state index in [1.54, 1.807) is 18.2 Å². The lowest BCUT2D eigenvalue weighted by atomic mass is 10.1. The van der Waals surface area contributed by atoms with Crippen molar-refractivity contribution in [1.82, 2.24) is 9.78 Å². The summed E-state index contributed by atoms with van der Waals surface area (Å²) in [7, 11) is 0. The number of halogens is 3. The van der Waals surface area contributed by atoms with Crippen molar-refractivity contribution >= 4 is 57.9 Å². The van der Waals surface area contributed by atoms with Crippen LogP contribution in [0.1, 0.15) is 15.9 Å². The number of nitrogens with one attached hydrogen (secondary N) is 1. The molecule has 13 heteroatoms. The first kappa shape index (κ1) is 21.5. The molecule has 2 aromatic carbocycles. The number of rotatable bonds is 6. The van der Waals surface area contributed by atoms with Crippen LogP contribution in [0.5, 0.6) is 0 Å². The summed E-state index contributed by atoms with van der Waals surface area (Å²) in [5.74, 6) is -0.862. The number of nitro benzene ring substituents is 2. The van der Waals surface area contributed by atoms with E-state index in [9.17, 15) is 25.0 Å². The normalized spacial score (nSPS) is 10.6. The van der Waals surface area contributed by atoms with E-state index in [1.807, 2.05) is 0 Å².